The lowest BCUT2D eigenvalue weighted by Crippen LogP contribution is -2.42. The molecular weight excluding hydrogens is 527 g/mol. The second-order valence-electron chi connectivity index (χ2n) is 9.40. The molecule has 1 fully saturated rings. The predicted molar refractivity (Wildman–Crippen MR) is 142 cm³/mol. The Morgan fingerprint density at radius 1 is 1.18 bits per heavy atom. The molecule has 13 heteroatoms. The van der Waals surface area contributed by atoms with Gasteiger partial charge in [-0.25, -0.2) is 18.2 Å². The van der Waals surface area contributed by atoms with Crippen molar-refractivity contribution in [2.24, 2.45) is 5.92 Å². The number of aromatic nitrogens is 4. The Hall–Kier alpha value is -4.94. The third kappa shape index (κ3) is 5.17. The molecule has 4 N–H and O–H groups in total. The number of hydrogen-bond donors (Lipinski definition) is 3. The minimum Gasteiger partial charge on any atom is -0.496 e. The number of anilines is 2. The van der Waals surface area contributed by atoms with Crippen LogP contribution in [0.2, 0.25) is 0 Å². The van der Waals surface area contributed by atoms with Crippen LogP contribution >= 0.6 is 0 Å². The van der Waals surface area contributed by atoms with Gasteiger partial charge in [0.2, 0.25) is 5.92 Å². The van der Waals surface area contributed by atoms with Gasteiger partial charge in [0.1, 0.15) is 23.3 Å². The highest BCUT2D eigenvalue weighted by molar-refractivity contribution is 6.02. The average Bonchev–Trinajstić information content (AvgIpc) is 3.31. The van der Waals surface area contributed by atoms with Crippen molar-refractivity contribution in [2.75, 3.05) is 24.7 Å². The highest BCUT2D eigenvalue weighted by Gasteiger charge is 2.45. The highest BCUT2D eigenvalue weighted by Crippen LogP contribution is 2.42. The number of hydrogen-bond acceptors (Lipinski definition) is 7. The molecule has 10 nitrogen and oxygen atoms in total. The van der Waals surface area contributed by atoms with E-state index in [1.807, 2.05) is 0 Å². The van der Waals surface area contributed by atoms with E-state index in [1.54, 1.807) is 42.5 Å². The molecule has 0 aliphatic heterocycles. The Kier molecular flexibility index (Phi) is 6.88. The Morgan fingerprint density at radius 3 is 2.52 bits per heavy atom. The zero-order chi connectivity index (χ0) is 28.6. The molecule has 1 saturated carbocycles. The van der Waals surface area contributed by atoms with Crippen LogP contribution in [-0.2, 0) is 4.79 Å². The summed E-state index contributed by atoms with van der Waals surface area (Å²) in [7, 11) is 1.41. The Labute approximate surface area is 226 Å². The first-order valence-corrected chi connectivity index (χ1v) is 12.2. The Balaban J connectivity index is 1.49. The van der Waals surface area contributed by atoms with Crippen LogP contribution in [-0.4, -0.2) is 51.2 Å². The molecule has 40 heavy (non-hydrogen) atoms. The summed E-state index contributed by atoms with van der Waals surface area (Å²) < 4.78 is 46.2. The zero-order valence-electron chi connectivity index (χ0n) is 21.2. The maximum atomic E-state index is 13.1. The van der Waals surface area contributed by atoms with Crippen LogP contribution in [0.5, 0.6) is 5.75 Å². The van der Waals surface area contributed by atoms with Gasteiger partial charge in [-0.15, -0.1) is 14.8 Å². The van der Waals surface area contributed by atoms with Crippen LogP contribution in [0, 0.1) is 5.92 Å². The summed E-state index contributed by atoms with van der Waals surface area (Å²) in [6, 6.07) is 11.4. The van der Waals surface area contributed by atoms with Crippen LogP contribution in [0.3, 0.4) is 0 Å². The largest absolute Gasteiger partial charge is 0.496 e. The predicted octanol–water partition coefficient (Wildman–Crippen LogP) is 4.25. The van der Waals surface area contributed by atoms with Crippen molar-refractivity contribution in [3.05, 3.63) is 66.8 Å². The second-order valence-corrected chi connectivity index (χ2v) is 9.40. The summed E-state index contributed by atoms with van der Waals surface area (Å²) in [4.78, 5) is 28.5. The lowest BCUT2D eigenvalue weighted by Gasteiger charge is -2.34. The standard InChI is InChI=1S/C27H24F3N7O3/c1-14(28)25(38)35-18-6-3-16(4-7-18)22-21(23-24(31)33-13-34-37(23)36-22)17-5-8-19(20(9-17)40-2)26(39)32-12-15-10-27(29,30)11-15/h3-9,13,15H,1,10-12H2,2H3,(H,32,39)(H,35,38)(H2,31,33,34). The minimum absolute atomic E-state index is 0.140. The molecule has 206 valence electrons. The van der Waals surface area contributed by atoms with Crippen molar-refractivity contribution in [1.29, 1.82) is 0 Å². The van der Waals surface area contributed by atoms with Gasteiger partial charge in [0.15, 0.2) is 11.6 Å². The van der Waals surface area contributed by atoms with E-state index >= 15 is 0 Å². The molecule has 0 unspecified atom stereocenters. The molecule has 5 rings (SSSR count). The first-order chi connectivity index (χ1) is 19.1. The van der Waals surface area contributed by atoms with Crippen LogP contribution in [0.1, 0.15) is 23.2 Å². The fourth-order valence-electron chi connectivity index (χ4n) is 4.60. The molecule has 4 aromatic rings. The topological polar surface area (TPSA) is 137 Å². The van der Waals surface area contributed by atoms with Crippen molar-refractivity contribution in [3.8, 4) is 28.1 Å². The van der Waals surface area contributed by atoms with E-state index < -0.39 is 23.6 Å². The molecule has 2 aromatic heterocycles. The van der Waals surface area contributed by atoms with E-state index in [9.17, 15) is 22.8 Å². The van der Waals surface area contributed by atoms with Crippen LogP contribution in [0.25, 0.3) is 27.9 Å². The second kappa shape index (κ2) is 10.3. The van der Waals surface area contributed by atoms with Gasteiger partial charge in [0.25, 0.3) is 11.8 Å². The quantitative estimate of drug-likeness (QED) is 0.279. The van der Waals surface area contributed by atoms with Gasteiger partial charge in [-0.1, -0.05) is 24.8 Å². The highest BCUT2D eigenvalue weighted by atomic mass is 19.3. The number of halogens is 3. The third-order valence-electron chi connectivity index (χ3n) is 6.59. The van der Waals surface area contributed by atoms with E-state index in [1.165, 1.54) is 18.1 Å². The van der Waals surface area contributed by atoms with Gasteiger partial charge in [0, 0.05) is 36.2 Å². The van der Waals surface area contributed by atoms with Crippen molar-refractivity contribution < 1.29 is 27.5 Å². The molecule has 0 spiro atoms. The number of carbonyl (C=O) groups is 2. The number of nitrogen functional groups attached to an aromatic ring is 1. The molecular formula is C27H24F3N7O3. The van der Waals surface area contributed by atoms with Crippen LogP contribution in [0.4, 0.5) is 24.7 Å². The number of nitrogens with zero attached hydrogens (tertiary/aromatic N) is 4. The number of nitrogens with one attached hydrogen (secondary N) is 2. The summed E-state index contributed by atoms with van der Waals surface area (Å²) in [5.41, 5.74) is 9.41. The van der Waals surface area contributed by atoms with Crippen molar-refractivity contribution in [1.82, 2.24) is 25.1 Å². The molecule has 2 heterocycles. The first kappa shape index (κ1) is 26.7. The van der Waals surface area contributed by atoms with E-state index in [0.717, 1.165) is 0 Å². The number of methoxy groups -OCH3 is 1. The van der Waals surface area contributed by atoms with Gasteiger partial charge in [-0.2, -0.15) is 0 Å². The number of nitrogens with two attached hydrogens (primary N) is 1. The minimum atomic E-state index is -2.66. The van der Waals surface area contributed by atoms with Crippen LogP contribution in [0.15, 0.2) is 61.2 Å². The average molecular weight is 552 g/mol. The van der Waals surface area contributed by atoms with Gasteiger partial charge in [-0.05, 0) is 35.7 Å². The number of benzene rings is 2. The molecule has 0 atom stereocenters. The van der Waals surface area contributed by atoms with Crippen LogP contribution < -0.4 is 21.1 Å². The third-order valence-corrected chi connectivity index (χ3v) is 6.59. The number of alkyl halides is 2. The number of rotatable bonds is 8. The van der Waals surface area contributed by atoms with E-state index in [-0.39, 0.29) is 42.4 Å². The fourth-order valence-corrected chi connectivity index (χ4v) is 4.60. The monoisotopic (exact) mass is 551 g/mol. The number of carbonyl (C=O) groups excluding carboxylic acids is 2. The van der Waals surface area contributed by atoms with Gasteiger partial charge < -0.3 is 21.1 Å². The SMILES string of the molecule is C=C(F)C(=O)Nc1ccc(-c2nn3ncnc(N)c3c2-c2ccc(C(=O)NCC3CC(F)(F)C3)c(OC)c2)cc1. The molecule has 2 amide bonds. The number of fused-ring (bicyclic) bond motifs is 1. The molecule has 1 aliphatic carbocycles. The molecule has 0 saturated heterocycles. The maximum absolute atomic E-state index is 13.1. The zero-order valence-corrected chi connectivity index (χ0v) is 21.2. The molecule has 2 aromatic carbocycles. The van der Waals surface area contributed by atoms with Crippen molar-refractivity contribution in [2.45, 2.75) is 18.8 Å². The lowest BCUT2D eigenvalue weighted by atomic mass is 9.81. The Morgan fingerprint density at radius 2 is 1.88 bits per heavy atom. The Bertz CT molecular complexity index is 1630. The summed E-state index contributed by atoms with van der Waals surface area (Å²) in [6.45, 7) is 3.12. The smallest absolute Gasteiger partial charge is 0.283 e. The summed E-state index contributed by atoms with van der Waals surface area (Å²) in [5.74, 6) is -5.04. The van der Waals surface area contributed by atoms with Gasteiger partial charge in [0.05, 0.1) is 12.7 Å². The van der Waals surface area contributed by atoms with E-state index in [2.05, 4.69) is 32.4 Å². The normalized spacial score (nSPS) is 14.4. The fraction of sp³-hybridized carbons (Fsp3) is 0.222. The number of amides is 2. The van der Waals surface area contributed by atoms with Crippen molar-refractivity contribution in [3.63, 3.8) is 0 Å². The first-order valence-electron chi connectivity index (χ1n) is 12.2. The molecule has 1 aliphatic rings. The summed E-state index contributed by atoms with van der Waals surface area (Å²) in [6.07, 6.45) is 0.767. The maximum Gasteiger partial charge on any atom is 0.283 e. The van der Waals surface area contributed by atoms with Gasteiger partial charge in [-0.3, -0.25) is 9.59 Å². The lowest BCUT2D eigenvalue weighted by molar-refractivity contribution is -0.114. The molecule has 0 bridgehead atoms. The van der Waals surface area contributed by atoms with Crippen molar-refractivity contribution >= 4 is 28.8 Å². The van der Waals surface area contributed by atoms with Gasteiger partial charge >= 0.3 is 0 Å². The summed E-state index contributed by atoms with van der Waals surface area (Å²) >= 11 is 0. The molecule has 0 radical (unpaired) electrons. The van der Waals surface area contributed by atoms with E-state index in [0.29, 0.717) is 33.6 Å². The summed E-state index contributed by atoms with van der Waals surface area (Å²) in [5, 5.41) is 13.8. The van der Waals surface area contributed by atoms with E-state index in [4.69, 9.17) is 10.5 Å². The number of ether oxygens (including phenoxy) is 1.